The van der Waals surface area contributed by atoms with Crippen molar-refractivity contribution >= 4 is 17.1 Å². The number of pyridine rings is 1. The lowest BCUT2D eigenvalue weighted by Gasteiger charge is -2.01. The molecule has 0 saturated carbocycles. The van der Waals surface area contributed by atoms with Gasteiger partial charge in [-0.2, -0.15) is 0 Å². The zero-order valence-electron chi connectivity index (χ0n) is 7.87. The third-order valence-electron chi connectivity index (χ3n) is 2.01. The first kappa shape index (κ1) is 8.68. The number of carbonyl (C=O) groups is 1. The molecular weight excluding hydrogens is 182 g/mol. The number of H-pyrrole nitrogens is 1. The van der Waals surface area contributed by atoms with Crippen molar-refractivity contribution in [2.45, 2.75) is 6.92 Å². The van der Waals surface area contributed by atoms with E-state index in [0.29, 0.717) is 16.9 Å². The summed E-state index contributed by atoms with van der Waals surface area (Å²) in [6.07, 6.45) is 1.54. The summed E-state index contributed by atoms with van der Waals surface area (Å²) >= 11 is 0. The first-order valence-electron chi connectivity index (χ1n) is 4.11. The molecule has 5 nitrogen and oxygen atoms in total. The van der Waals surface area contributed by atoms with Crippen LogP contribution < -0.4 is 0 Å². The monoisotopic (exact) mass is 191 g/mol. The van der Waals surface area contributed by atoms with Crippen LogP contribution >= 0.6 is 0 Å². The SMILES string of the molecule is COC(=O)c1cc2[nH]cnc2nc1C. The molecule has 0 atom stereocenters. The number of methoxy groups -OCH3 is 1. The molecule has 1 N–H and O–H groups in total. The van der Waals surface area contributed by atoms with Gasteiger partial charge in [0.05, 0.1) is 30.2 Å². The summed E-state index contributed by atoms with van der Waals surface area (Å²) < 4.78 is 4.63. The van der Waals surface area contributed by atoms with Crippen molar-refractivity contribution < 1.29 is 9.53 Å². The third-order valence-corrected chi connectivity index (χ3v) is 2.01. The molecule has 0 spiro atoms. The van der Waals surface area contributed by atoms with Crippen LogP contribution in [0.2, 0.25) is 0 Å². The predicted octanol–water partition coefficient (Wildman–Crippen LogP) is 1.05. The fourth-order valence-electron chi connectivity index (χ4n) is 1.28. The van der Waals surface area contributed by atoms with Gasteiger partial charge in [0.15, 0.2) is 5.65 Å². The van der Waals surface area contributed by atoms with E-state index in [4.69, 9.17) is 0 Å². The van der Waals surface area contributed by atoms with Crippen LogP contribution in [-0.2, 0) is 4.74 Å². The van der Waals surface area contributed by atoms with Gasteiger partial charge in [-0.25, -0.2) is 14.8 Å². The number of nitrogens with one attached hydrogen (secondary N) is 1. The van der Waals surface area contributed by atoms with E-state index >= 15 is 0 Å². The molecule has 0 fully saturated rings. The second kappa shape index (κ2) is 3.10. The van der Waals surface area contributed by atoms with E-state index in [2.05, 4.69) is 19.7 Å². The van der Waals surface area contributed by atoms with Gasteiger partial charge in [-0.05, 0) is 13.0 Å². The van der Waals surface area contributed by atoms with Gasteiger partial charge in [-0.3, -0.25) is 0 Å². The van der Waals surface area contributed by atoms with Gasteiger partial charge in [0.1, 0.15) is 0 Å². The van der Waals surface area contributed by atoms with Crippen molar-refractivity contribution in [1.82, 2.24) is 15.0 Å². The smallest absolute Gasteiger partial charge is 0.339 e. The van der Waals surface area contributed by atoms with E-state index in [0.717, 1.165) is 5.52 Å². The predicted molar refractivity (Wildman–Crippen MR) is 50.0 cm³/mol. The lowest BCUT2D eigenvalue weighted by atomic mass is 10.2. The Morgan fingerprint density at radius 3 is 3.07 bits per heavy atom. The molecule has 0 saturated heterocycles. The molecule has 0 amide bonds. The van der Waals surface area contributed by atoms with Gasteiger partial charge in [0, 0.05) is 0 Å². The summed E-state index contributed by atoms with van der Waals surface area (Å²) in [7, 11) is 1.35. The Hall–Kier alpha value is -1.91. The Morgan fingerprint density at radius 1 is 1.57 bits per heavy atom. The molecule has 0 unspecified atom stereocenters. The van der Waals surface area contributed by atoms with Crippen molar-refractivity contribution in [3.8, 4) is 0 Å². The summed E-state index contributed by atoms with van der Waals surface area (Å²) in [6.45, 7) is 1.75. The Labute approximate surface area is 80.1 Å². The molecule has 2 rings (SSSR count). The molecular formula is C9H9N3O2. The Kier molecular flexibility index (Phi) is 1.92. The number of aromatic amines is 1. The lowest BCUT2D eigenvalue weighted by molar-refractivity contribution is 0.0599. The number of hydrogen-bond acceptors (Lipinski definition) is 4. The number of imidazole rings is 1. The van der Waals surface area contributed by atoms with Gasteiger partial charge < -0.3 is 9.72 Å². The number of rotatable bonds is 1. The minimum absolute atomic E-state index is 0.383. The molecule has 14 heavy (non-hydrogen) atoms. The number of aryl methyl sites for hydroxylation is 1. The van der Waals surface area contributed by atoms with Crippen LogP contribution in [0.25, 0.3) is 11.2 Å². The van der Waals surface area contributed by atoms with Gasteiger partial charge in [0.25, 0.3) is 0 Å². The minimum Gasteiger partial charge on any atom is -0.465 e. The van der Waals surface area contributed by atoms with E-state index in [1.165, 1.54) is 13.4 Å². The fourth-order valence-corrected chi connectivity index (χ4v) is 1.28. The zero-order valence-corrected chi connectivity index (χ0v) is 7.87. The summed E-state index contributed by atoms with van der Waals surface area (Å²) in [5.74, 6) is -0.383. The van der Waals surface area contributed by atoms with E-state index in [1.54, 1.807) is 13.0 Å². The summed E-state index contributed by atoms with van der Waals surface area (Å²) in [4.78, 5) is 22.3. The quantitative estimate of drug-likeness (QED) is 0.684. The maximum atomic E-state index is 11.3. The zero-order chi connectivity index (χ0) is 10.1. The summed E-state index contributed by atoms with van der Waals surface area (Å²) in [5.41, 5.74) is 2.42. The number of esters is 1. The summed E-state index contributed by atoms with van der Waals surface area (Å²) in [5, 5.41) is 0. The molecule has 0 radical (unpaired) electrons. The first-order chi connectivity index (χ1) is 6.72. The van der Waals surface area contributed by atoms with E-state index in [1.807, 2.05) is 0 Å². The van der Waals surface area contributed by atoms with Crippen LogP contribution in [0.15, 0.2) is 12.4 Å². The summed E-state index contributed by atoms with van der Waals surface area (Å²) in [6, 6.07) is 1.69. The van der Waals surface area contributed by atoms with Crippen LogP contribution in [0.4, 0.5) is 0 Å². The van der Waals surface area contributed by atoms with Crippen LogP contribution in [0.5, 0.6) is 0 Å². The van der Waals surface area contributed by atoms with Crippen molar-refractivity contribution in [2.75, 3.05) is 7.11 Å². The molecule has 2 aromatic heterocycles. The third kappa shape index (κ3) is 1.22. The Morgan fingerprint density at radius 2 is 2.36 bits per heavy atom. The molecule has 72 valence electrons. The van der Waals surface area contributed by atoms with Gasteiger partial charge >= 0.3 is 5.97 Å². The molecule has 2 aromatic rings. The maximum Gasteiger partial charge on any atom is 0.339 e. The number of hydrogen-bond donors (Lipinski definition) is 1. The van der Waals surface area contributed by atoms with Gasteiger partial charge in [-0.1, -0.05) is 0 Å². The second-order valence-corrected chi connectivity index (χ2v) is 2.89. The number of carbonyl (C=O) groups excluding carboxylic acids is 1. The Bertz CT molecular complexity index is 490. The van der Waals surface area contributed by atoms with E-state index < -0.39 is 0 Å². The second-order valence-electron chi connectivity index (χ2n) is 2.89. The largest absolute Gasteiger partial charge is 0.465 e. The van der Waals surface area contributed by atoms with Crippen molar-refractivity contribution in [2.24, 2.45) is 0 Å². The fraction of sp³-hybridized carbons (Fsp3) is 0.222. The average molecular weight is 191 g/mol. The minimum atomic E-state index is -0.383. The molecule has 0 aromatic carbocycles. The van der Waals surface area contributed by atoms with Crippen LogP contribution in [0.1, 0.15) is 16.1 Å². The maximum absolute atomic E-state index is 11.3. The highest BCUT2D eigenvalue weighted by Gasteiger charge is 2.12. The first-order valence-corrected chi connectivity index (χ1v) is 4.11. The van der Waals surface area contributed by atoms with Crippen molar-refractivity contribution in [3.63, 3.8) is 0 Å². The standard InChI is InChI=1S/C9H9N3O2/c1-5-6(9(13)14-2)3-7-8(12-5)11-4-10-7/h3-4H,1-2H3,(H,10,11,12). The topological polar surface area (TPSA) is 67.9 Å². The number of aromatic nitrogens is 3. The van der Waals surface area contributed by atoms with E-state index in [-0.39, 0.29) is 5.97 Å². The van der Waals surface area contributed by atoms with Gasteiger partial charge in [-0.15, -0.1) is 0 Å². The molecule has 0 bridgehead atoms. The van der Waals surface area contributed by atoms with Gasteiger partial charge in [0.2, 0.25) is 0 Å². The Balaban J connectivity index is 2.64. The molecule has 0 aliphatic heterocycles. The highest BCUT2D eigenvalue weighted by Crippen LogP contribution is 2.13. The highest BCUT2D eigenvalue weighted by molar-refractivity contribution is 5.93. The van der Waals surface area contributed by atoms with Crippen molar-refractivity contribution in [1.29, 1.82) is 0 Å². The van der Waals surface area contributed by atoms with Crippen molar-refractivity contribution in [3.05, 3.63) is 23.7 Å². The lowest BCUT2D eigenvalue weighted by Crippen LogP contribution is -2.05. The molecule has 5 heteroatoms. The van der Waals surface area contributed by atoms with Crippen LogP contribution in [0.3, 0.4) is 0 Å². The highest BCUT2D eigenvalue weighted by atomic mass is 16.5. The van der Waals surface area contributed by atoms with E-state index in [9.17, 15) is 4.79 Å². The molecule has 0 aliphatic carbocycles. The van der Waals surface area contributed by atoms with Crippen LogP contribution in [0, 0.1) is 6.92 Å². The average Bonchev–Trinajstić information content (AvgIpc) is 2.62. The van der Waals surface area contributed by atoms with Crippen LogP contribution in [-0.4, -0.2) is 28.0 Å². The molecule has 2 heterocycles. The number of nitrogens with zero attached hydrogens (tertiary/aromatic N) is 2. The normalized spacial score (nSPS) is 10.4. The number of ether oxygens (including phenoxy) is 1. The number of fused-ring (bicyclic) bond motifs is 1. The molecule has 0 aliphatic rings.